The average Bonchev–Trinajstić information content (AvgIpc) is 2.39. The van der Waals surface area contributed by atoms with Crippen LogP contribution in [0.2, 0.25) is 5.02 Å². The average molecular weight is 278 g/mol. The van der Waals surface area contributed by atoms with Gasteiger partial charge in [-0.1, -0.05) is 42.8 Å². The Morgan fingerprint density at radius 1 is 1.16 bits per heavy atom. The molecule has 1 atom stereocenters. The van der Waals surface area contributed by atoms with Crippen molar-refractivity contribution in [1.29, 1.82) is 0 Å². The number of nitrogens with one attached hydrogen (secondary N) is 1. The van der Waals surface area contributed by atoms with E-state index in [1.165, 1.54) is 6.07 Å². The van der Waals surface area contributed by atoms with Crippen LogP contribution in [0, 0.1) is 12.7 Å². The molecule has 1 N–H and O–H groups in total. The largest absolute Gasteiger partial charge is 0.307 e. The second-order valence-corrected chi connectivity index (χ2v) is 4.96. The van der Waals surface area contributed by atoms with E-state index in [0.29, 0.717) is 0 Å². The summed E-state index contributed by atoms with van der Waals surface area (Å²) in [7, 11) is 0. The molecule has 1 nitrogen and oxygen atoms in total. The van der Waals surface area contributed by atoms with E-state index >= 15 is 0 Å². The van der Waals surface area contributed by atoms with Crippen LogP contribution in [-0.2, 0) is 0 Å². The molecule has 1 unspecified atom stereocenters. The van der Waals surface area contributed by atoms with Crippen molar-refractivity contribution in [3.63, 3.8) is 0 Å². The van der Waals surface area contributed by atoms with E-state index in [1.807, 2.05) is 38.1 Å². The van der Waals surface area contributed by atoms with Crippen molar-refractivity contribution in [3.05, 3.63) is 70.0 Å². The first-order chi connectivity index (χ1) is 9.11. The zero-order chi connectivity index (χ0) is 13.8. The van der Waals surface area contributed by atoms with Gasteiger partial charge in [0, 0.05) is 5.02 Å². The van der Waals surface area contributed by atoms with Gasteiger partial charge in [0.2, 0.25) is 0 Å². The number of halogens is 2. The van der Waals surface area contributed by atoms with Crippen LogP contribution in [0.1, 0.15) is 29.7 Å². The lowest BCUT2D eigenvalue weighted by molar-refractivity contribution is 0.603. The Morgan fingerprint density at radius 3 is 2.53 bits per heavy atom. The highest BCUT2D eigenvalue weighted by Crippen LogP contribution is 2.26. The summed E-state index contributed by atoms with van der Waals surface area (Å²) in [5.41, 5.74) is 3.04. The van der Waals surface area contributed by atoms with Crippen molar-refractivity contribution in [2.45, 2.75) is 19.9 Å². The summed E-state index contributed by atoms with van der Waals surface area (Å²) in [4.78, 5) is 0. The van der Waals surface area contributed by atoms with Crippen LogP contribution in [0.5, 0.6) is 0 Å². The molecular formula is C16H17ClFN. The van der Waals surface area contributed by atoms with Crippen LogP contribution < -0.4 is 5.32 Å². The second-order valence-electron chi connectivity index (χ2n) is 4.55. The quantitative estimate of drug-likeness (QED) is 0.868. The maximum absolute atomic E-state index is 13.4. The Balaban J connectivity index is 2.42. The number of hydrogen-bond donors (Lipinski definition) is 1. The lowest BCUT2D eigenvalue weighted by Crippen LogP contribution is -2.22. The molecule has 0 amide bonds. The minimum Gasteiger partial charge on any atom is -0.307 e. The van der Waals surface area contributed by atoms with E-state index in [-0.39, 0.29) is 11.9 Å². The standard InChI is InChI=1S/C16H17ClFN/c1-3-19-16(12-5-4-6-14(18)10-12)13-7-8-15(17)11(2)9-13/h4-10,16,19H,3H2,1-2H3. The van der Waals surface area contributed by atoms with Crippen molar-refractivity contribution in [2.24, 2.45) is 0 Å². The van der Waals surface area contributed by atoms with Crippen molar-refractivity contribution in [1.82, 2.24) is 5.32 Å². The Labute approximate surface area is 118 Å². The molecule has 0 saturated heterocycles. The third-order valence-corrected chi connectivity index (χ3v) is 3.53. The monoisotopic (exact) mass is 277 g/mol. The number of aryl methyl sites for hydroxylation is 1. The van der Waals surface area contributed by atoms with E-state index in [0.717, 1.165) is 28.3 Å². The van der Waals surface area contributed by atoms with Gasteiger partial charge in [-0.15, -0.1) is 0 Å². The minimum absolute atomic E-state index is 0.0170. The van der Waals surface area contributed by atoms with Crippen molar-refractivity contribution < 1.29 is 4.39 Å². The summed E-state index contributed by atoms with van der Waals surface area (Å²) in [5.74, 6) is -0.217. The number of benzene rings is 2. The molecule has 3 heteroatoms. The molecule has 2 aromatic rings. The van der Waals surface area contributed by atoms with Crippen LogP contribution in [0.4, 0.5) is 4.39 Å². The van der Waals surface area contributed by atoms with Gasteiger partial charge in [0.05, 0.1) is 6.04 Å². The lowest BCUT2D eigenvalue weighted by Gasteiger charge is -2.20. The molecule has 0 heterocycles. The van der Waals surface area contributed by atoms with E-state index in [2.05, 4.69) is 5.32 Å². The first-order valence-electron chi connectivity index (χ1n) is 6.36. The van der Waals surface area contributed by atoms with Gasteiger partial charge in [0.15, 0.2) is 0 Å². The maximum atomic E-state index is 13.4. The summed E-state index contributed by atoms with van der Waals surface area (Å²) in [6, 6.07) is 12.6. The van der Waals surface area contributed by atoms with Gasteiger partial charge in [-0.2, -0.15) is 0 Å². The Hall–Kier alpha value is -1.38. The predicted molar refractivity (Wildman–Crippen MR) is 78.1 cm³/mol. The van der Waals surface area contributed by atoms with Crippen molar-refractivity contribution in [3.8, 4) is 0 Å². The van der Waals surface area contributed by atoms with Gasteiger partial charge in [0.25, 0.3) is 0 Å². The van der Waals surface area contributed by atoms with Gasteiger partial charge >= 0.3 is 0 Å². The number of hydrogen-bond acceptors (Lipinski definition) is 1. The summed E-state index contributed by atoms with van der Waals surface area (Å²) < 4.78 is 13.4. The van der Waals surface area contributed by atoms with E-state index < -0.39 is 0 Å². The first kappa shape index (κ1) is 14.0. The summed E-state index contributed by atoms with van der Waals surface area (Å²) in [6.45, 7) is 4.82. The molecule has 0 aromatic heterocycles. The van der Waals surface area contributed by atoms with Crippen LogP contribution in [0.15, 0.2) is 42.5 Å². The third kappa shape index (κ3) is 3.34. The van der Waals surface area contributed by atoms with Crippen LogP contribution in [0.3, 0.4) is 0 Å². The number of rotatable bonds is 4. The smallest absolute Gasteiger partial charge is 0.123 e. The van der Waals surface area contributed by atoms with Gasteiger partial charge in [-0.05, 0) is 48.4 Å². The molecule has 19 heavy (non-hydrogen) atoms. The fourth-order valence-corrected chi connectivity index (χ4v) is 2.28. The fraction of sp³-hybridized carbons (Fsp3) is 0.250. The fourth-order valence-electron chi connectivity index (χ4n) is 2.17. The Kier molecular flexibility index (Phi) is 4.56. The van der Waals surface area contributed by atoms with Crippen molar-refractivity contribution >= 4 is 11.6 Å². The molecule has 2 aromatic carbocycles. The highest BCUT2D eigenvalue weighted by Gasteiger charge is 2.14. The molecule has 0 aliphatic rings. The zero-order valence-corrected chi connectivity index (χ0v) is 11.8. The van der Waals surface area contributed by atoms with Crippen LogP contribution >= 0.6 is 11.6 Å². The van der Waals surface area contributed by atoms with E-state index in [1.54, 1.807) is 12.1 Å². The molecule has 0 fully saturated rings. The van der Waals surface area contributed by atoms with Gasteiger partial charge in [-0.25, -0.2) is 4.39 Å². The molecule has 0 radical (unpaired) electrons. The summed E-state index contributed by atoms with van der Waals surface area (Å²) >= 11 is 6.05. The van der Waals surface area contributed by atoms with Gasteiger partial charge in [0.1, 0.15) is 5.82 Å². The SMILES string of the molecule is CCNC(c1cccc(F)c1)c1ccc(Cl)c(C)c1. The Morgan fingerprint density at radius 2 is 1.89 bits per heavy atom. The topological polar surface area (TPSA) is 12.0 Å². The highest BCUT2D eigenvalue weighted by atomic mass is 35.5. The minimum atomic E-state index is -0.217. The van der Waals surface area contributed by atoms with Crippen LogP contribution in [0.25, 0.3) is 0 Å². The van der Waals surface area contributed by atoms with Gasteiger partial charge < -0.3 is 5.32 Å². The summed E-state index contributed by atoms with van der Waals surface area (Å²) in [6.07, 6.45) is 0. The maximum Gasteiger partial charge on any atom is 0.123 e. The zero-order valence-electron chi connectivity index (χ0n) is 11.1. The van der Waals surface area contributed by atoms with Crippen molar-refractivity contribution in [2.75, 3.05) is 6.54 Å². The highest BCUT2D eigenvalue weighted by molar-refractivity contribution is 6.31. The second kappa shape index (κ2) is 6.18. The molecular weight excluding hydrogens is 261 g/mol. The summed E-state index contributed by atoms with van der Waals surface area (Å²) in [5, 5.41) is 4.13. The Bertz CT molecular complexity index is 568. The molecule has 0 spiro atoms. The first-order valence-corrected chi connectivity index (χ1v) is 6.74. The third-order valence-electron chi connectivity index (χ3n) is 3.11. The van der Waals surface area contributed by atoms with E-state index in [9.17, 15) is 4.39 Å². The molecule has 0 saturated carbocycles. The lowest BCUT2D eigenvalue weighted by atomic mass is 9.97. The van der Waals surface area contributed by atoms with E-state index in [4.69, 9.17) is 11.6 Å². The normalized spacial score (nSPS) is 12.4. The molecule has 0 aliphatic carbocycles. The van der Waals surface area contributed by atoms with Crippen LogP contribution in [-0.4, -0.2) is 6.54 Å². The molecule has 100 valence electrons. The predicted octanol–water partition coefficient (Wildman–Crippen LogP) is 4.49. The molecule has 0 aliphatic heterocycles. The molecule has 0 bridgehead atoms. The van der Waals surface area contributed by atoms with Gasteiger partial charge in [-0.3, -0.25) is 0 Å². The molecule has 2 rings (SSSR count).